The molecule has 0 spiro atoms. The van der Waals surface area contributed by atoms with E-state index in [-0.39, 0.29) is 117 Å². The molecule has 36 nitrogen and oxygen atoms in total. The van der Waals surface area contributed by atoms with Crippen LogP contribution < -0.4 is 16.0 Å². The number of amides is 3. The number of nitrogens with one attached hydrogen (secondary N) is 3. The second kappa shape index (κ2) is 37.9. The molecule has 0 bridgehead atoms. The molecule has 36 heteroatoms. The van der Waals surface area contributed by atoms with Crippen molar-refractivity contribution in [3.63, 3.8) is 0 Å². The number of aliphatic hydroxyl groups excluding tert-OH is 2. The molecule has 0 heterocycles. The summed E-state index contributed by atoms with van der Waals surface area (Å²) < 4.78 is 0. The molecule has 5 rings (SSSR count). The first-order valence-electron chi connectivity index (χ1n) is 33.5. The number of carbonyl (C=O) groups excluding carboxylic acids is 3. The lowest BCUT2D eigenvalue weighted by Crippen LogP contribution is -2.63. The van der Waals surface area contributed by atoms with Crippen LogP contribution in [0.4, 0.5) is 11.4 Å². The van der Waals surface area contributed by atoms with E-state index in [0.29, 0.717) is 38.5 Å². The highest BCUT2D eigenvalue weighted by Gasteiger charge is 2.66. The molecule has 4 fully saturated rings. The molecule has 4 saturated carbocycles. The van der Waals surface area contributed by atoms with E-state index < -0.39 is 197 Å². The van der Waals surface area contributed by atoms with Gasteiger partial charge in [-0.15, -0.1) is 0 Å². The molecule has 4 aliphatic carbocycles. The molecule has 13 atom stereocenters. The average molecular weight is 1440 g/mol. The van der Waals surface area contributed by atoms with Gasteiger partial charge < -0.3 is 82.3 Å². The van der Waals surface area contributed by atoms with Gasteiger partial charge in [-0.25, -0.2) is 0 Å². The number of carbonyl (C=O) groups is 14. The van der Waals surface area contributed by atoms with Gasteiger partial charge in [0.25, 0.3) is 5.91 Å². The molecule has 16 N–H and O–H groups in total. The van der Waals surface area contributed by atoms with Crippen LogP contribution in [-0.2, 0) is 62.3 Å². The lowest BCUT2D eigenvalue weighted by Gasteiger charge is -2.63. The Morgan fingerprint density at radius 1 is 0.465 bits per heavy atom. The number of benzene rings is 1. The lowest BCUT2D eigenvalue weighted by atomic mass is 9.43. The van der Waals surface area contributed by atoms with Gasteiger partial charge in [-0.1, -0.05) is 20.8 Å². The van der Waals surface area contributed by atoms with E-state index in [1.165, 1.54) is 28.0 Å². The van der Waals surface area contributed by atoms with Crippen LogP contribution in [0.25, 0.3) is 0 Å². The van der Waals surface area contributed by atoms with Gasteiger partial charge in [0.05, 0.1) is 64.6 Å². The molecule has 0 aliphatic heterocycles. The zero-order valence-electron chi connectivity index (χ0n) is 56.8. The van der Waals surface area contributed by atoms with Crippen molar-refractivity contribution < 1.29 is 134 Å². The third kappa shape index (κ3) is 24.9. The highest BCUT2D eigenvalue weighted by atomic mass is 16.4. The molecule has 4 aliphatic rings. The summed E-state index contributed by atoms with van der Waals surface area (Å²) >= 11 is 0. The van der Waals surface area contributed by atoms with E-state index in [2.05, 4.69) is 29.8 Å². The van der Waals surface area contributed by atoms with Gasteiger partial charge in [0, 0.05) is 94.6 Å². The van der Waals surface area contributed by atoms with Crippen LogP contribution >= 0.6 is 0 Å². The van der Waals surface area contributed by atoms with Gasteiger partial charge in [-0.2, -0.15) is 0 Å². The topological polar surface area (TPSA) is 558 Å². The van der Waals surface area contributed by atoms with E-state index >= 15 is 0 Å². The molecule has 564 valence electrons. The van der Waals surface area contributed by atoms with Gasteiger partial charge >= 0.3 is 65.7 Å². The Kier molecular flexibility index (Phi) is 31.2. The fraction of sp³-hybridized carbons (Fsp3) is 0.692. The Bertz CT molecular complexity index is 2890. The van der Waals surface area contributed by atoms with E-state index in [1.54, 1.807) is 0 Å². The summed E-state index contributed by atoms with van der Waals surface area (Å²) in [4.78, 5) is 180. The predicted octanol–water partition coefficient (Wildman–Crippen LogP) is -0.281. The minimum atomic E-state index is -1.65. The van der Waals surface area contributed by atoms with Gasteiger partial charge in [0.2, 0.25) is 11.8 Å². The first-order valence-corrected chi connectivity index (χ1v) is 33.5. The number of rotatable bonds is 46. The van der Waals surface area contributed by atoms with E-state index in [0.717, 1.165) is 32.4 Å². The number of aliphatic hydroxyl groups is 2. The number of nitrogens with zero attached hydrogens (tertiary/aromatic N) is 6. The molecule has 7 unspecified atom stereocenters. The third-order valence-corrected chi connectivity index (χ3v) is 20.9. The Morgan fingerprint density at radius 2 is 0.851 bits per heavy atom. The van der Waals surface area contributed by atoms with Crippen LogP contribution in [0.2, 0.25) is 0 Å². The summed E-state index contributed by atoms with van der Waals surface area (Å²) in [6.45, 7) is -3.23. The first-order chi connectivity index (χ1) is 47.3. The molecular weight excluding hydrogens is 1340 g/mol. The van der Waals surface area contributed by atoms with Crippen LogP contribution in [-0.4, -0.2) is 314 Å². The third-order valence-electron chi connectivity index (χ3n) is 20.9. The Balaban J connectivity index is 1.45. The van der Waals surface area contributed by atoms with Crippen LogP contribution in [0, 0.1) is 46.3 Å². The van der Waals surface area contributed by atoms with Crippen LogP contribution in [0.15, 0.2) is 18.2 Å². The highest BCUT2D eigenvalue weighted by Crippen LogP contribution is 2.68. The molecule has 3 amide bonds. The lowest BCUT2D eigenvalue weighted by molar-refractivity contribution is -0.202. The smallest absolute Gasteiger partial charge is 0.320 e. The number of aliphatic carboxylic acids is 11. The second-order valence-electron chi connectivity index (χ2n) is 27.7. The summed E-state index contributed by atoms with van der Waals surface area (Å²) in [5, 5.41) is 139. The Hall–Kier alpha value is -8.52. The number of anilines is 2. The van der Waals surface area contributed by atoms with Crippen LogP contribution in [0.3, 0.4) is 0 Å². The molecule has 101 heavy (non-hydrogen) atoms. The fourth-order valence-electron chi connectivity index (χ4n) is 16.2. The van der Waals surface area contributed by atoms with Crippen LogP contribution in [0.1, 0.15) is 115 Å². The quantitative estimate of drug-likeness (QED) is 0.0399. The van der Waals surface area contributed by atoms with E-state index in [1.807, 2.05) is 6.92 Å². The zero-order valence-corrected chi connectivity index (χ0v) is 56.8. The molecule has 1 aromatic carbocycles. The minimum absolute atomic E-state index is 0.00292. The summed E-state index contributed by atoms with van der Waals surface area (Å²) in [6.07, 6.45) is 0.465. The standard InChI is InChI=1S/C65H97N9O27/c1-36(4-11-51(79)80)42-5-6-43-60-44(27-48(76)65(42,43)3)64(2)13-12-39(24-38(64)25-47(60)75)68-61(97)37-22-40(66-49(77)9-7-45(62(98)99)73(18-14-69(28-52(81)82)29-53(83)84)19-15-70(30-54(85)86)31-55(87)88)26-41(23-37)67-50(78)10-8-46(63(100)101)74(20-16-71(32-56(89)90)33-57(91)92)21-17-72(34-58(93)94)35-59(95)96/h22-23,26,36,38-39,42-48,60,75-76H,4-21,24-25,27-35H2,1-3H3,(H,66,77)(H,67,78)(H,68,97)(H,79,80)(H,81,82)(H,83,84)(H,85,86)(H,87,88)(H,89,90)(H,91,92)(H,93,94)(H,95,96)(H,98,99)(H,100,101)/t36?,38-,39?,42?,43?,44?,45-,46-,47?,48-,60?,64-,65+/m0/s1. The number of hydrogen-bond acceptors (Lipinski definition) is 22. The summed E-state index contributed by atoms with van der Waals surface area (Å²) in [7, 11) is 0. The number of hydrogen-bond donors (Lipinski definition) is 16. The maximum Gasteiger partial charge on any atom is 0.320 e. The summed E-state index contributed by atoms with van der Waals surface area (Å²) in [5.41, 5.74) is -1.39. The zero-order chi connectivity index (χ0) is 75.4. The van der Waals surface area contributed by atoms with Gasteiger partial charge in [-0.3, -0.25) is 96.5 Å². The number of fused-ring (bicyclic) bond motifs is 5. The average Bonchev–Trinajstić information content (AvgIpc) is 1.67. The highest BCUT2D eigenvalue weighted by molar-refractivity contribution is 6.01. The maximum atomic E-state index is 14.7. The molecule has 1 aromatic rings. The predicted molar refractivity (Wildman–Crippen MR) is 350 cm³/mol. The minimum Gasteiger partial charge on any atom is -0.481 e. The van der Waals surface area contributed by atoms with Crippen molar-refractivity contribution in [1.29, 1.82) is 0 Å². The van der Waals surface area contributed by atoms with Gasteiger partial charge in [-0.05, 0) is 129 Å². The van der Waals surface area contributed by atoms with Crippen molar-refractivity contribution in [3.05, 3.63) is 23.8 Å². The number of carboxylic acids is 11. The molecule has 0 radical (unpaired) electrons. The van der Waals surface area contributed by atoms with Crippen molar-refractivity contribution in [2.45, 2.75) is 135 Å². The van der Waals surface area contributed by atoms with E-state index in [9.17, 15) is 134 Å². The van der Waals surface area contributed by atoms with Crippen molar-refractivity contribution in [1.82, 2.24) is 34.7 Å². The van der Waals surface area contributed by atoms with Crippen molar-refractivity contribution in [2.75, 3.05) is 115 Å². The van der Waals surface area contributed by atoms with Crippen molar-refractivity contribution >= 4 is 94.8 Å². The van der Waals surface area contributed by atoms with Gasteiger partial charge in [0.1, 0.15) is 12.1 Å². The number of carboxylic acid groups (broad SMARTS) is 11. The molecular formula is C65H97N9O27. The van der Waals surface area contributed by atoms with E-state index in [4.69, 9.17) is 0 Å². The maximum absolute atomic E-state index is 14.7. The second-order valence-corrected chi connectivity index (χ2v) is 27.7. The van der Waals surface area contributed by atoms with Crippen molar-refractivity contribution in [3.8, 4) is 0 Å². The normalized spacial score (nSPS) is 24.0. The molecule has 0 saturated heterocycles. The summed E-state index contributed by atoms with van der Waals surface area (Å²) in [6, 6.07) is -0.0889. The van der Waals surface area contributed by atoms with Gasteiger partial charge in [0.15, 0.2) is 0 Å². The molecule has 0 aromatic heterocycles. The summed E-state index contributed by atoms with van der Waals surface area (Å²) in [5.74, 6) is -18.2. The van der Waals surface area contributed by atoms with Crippen molar-refractivity contribution in [2.24, 2.45) is 46.3 Å². The monoisotopic (exact) mass is 1440 g/mol. The Labute approximate surface area is 581 Å². The van der Waals surface area contributed by atoms with Crippen LogP contribution in [0.5, 0.6) is 0 Å². The fourth-order valence-corrected chi connectivity index (χ4v) is 16.2. The SMILES string of the molecule is CC(CCC(=O)O)C1CCC2C3C(O)C[C@@H]4CC(NC(=O)c5cc(NC(=O)CC[C@@H](C(=O)O)N(CCN(CC(=O)O)CC(=O)O)CCN(CC(=O)O)CC(=O)O)cc(NC(=O)CC[C@@H](C(=O)O)N(CCN(CC(=O)O)CC(=O)O)CCN(CC(=O)O)CC(=O)O)c5)CC[C@]4(C)C3C[C@H](O)[C@]12C. The first kappa shape index (κ1) is 83.1. The Morgan fingerprint density at radius 3 is 1.21 bits per heavy atom. The largest absolute Gasteiger partial charge is 0.481 e.